The minimum atomic E-state index is -0.458. The van der Waals surface area contributed by atoms with E-state index < -0.39 is 11.0 Å². The lowest BCUT2D eigenvalue weighted by Crippen LogP contribution is -2.40. The predicted molar refractivity (Wildman–Crippen MR) is 68.6 cm³/mol. The molecule has 0 aliphatic heterocycles. The van der Waals surface area contributed by atoms with E-state index >= 15 is 0 Å². The number of esters is 1. The Labute approximate surface area is 110 Å². The molecule has 0 radical (unpaired) electrons. The molecule has 2 fully saturated rings. The van der Waals surface area contributed by atoms with Crippen LogP contribution in [0.15, 0.2) is 0 Å². The Morgan fingerprint density at radius 3 is 2.61 bits per heavy atom. The molecule has 0 aromatic carbocycles. The summed E-state index contributed by atoms with van der Waals surface area (Å²) in [6.07, 6.45) is 6.09. The zero-order chi connectivity index (χ0) is 13.4. The number of nitriles is 1. The standard InChI is InChI=1S/C15H23NO2/c1-14(2,3)18-13(17)12-8-7-11-6-4-5-9-15(11,12)10-16/h11-12H,4-9H2,1-3H3. The van der Waals surface area contributed by atoms with Crippen LogP contribution in [0.3, 0.4) is 0 Å². The second-order valence-corrected chi connectivity index (χ2v) is 6.76. The maximum absolute atomic E-state index is 12.3. The lowest BCUT2D eigenvalue weighted by atomic mass is 9.65. The third-order valence-electron chi connectivity index (χ3n) is 4.45. The SMILES string of the molecule is CC(C)(C)OC(=O)C1CCC2CCCCC21C#N. The van der Waals surface area contributed by atoms with E-state index in [0.717, 1.165) is 32.1 Å². The molecule has 100 valence electrons. The molecule has 3 atom stereocenters. The predicted octanol–water partition coefficient (Wildman–Crippen LogP) is 3.44. The van der Waals surface area contributed by atoms with E-state index in [1.54, 1.807) is 0 Å². The van der Waals surface area contributed by atoms with Crippen molar-refractivity contribution < 1.29 is 9.53 Å². The van der Waals surface area contributed by atoms with E-state index in [-0.39, 0.29) is 11.9 Å². The molecule has 18 heavy (non-hydrogen) atoms. The second kappa shape index (κ2) is 4.57. The van der Waals surface area contributed by atoms with Gasteiger partial charge >= 0.3 is 5.97 Å². The lowest BCUT2D eigenvalue weighted by Gasteiger charge is -2.37. The summed E-state index contributed by atoms with van der Waals surface area (Å²) in [7, 11) is 0. The van der Waals surface area contributed by atoms with Crippen LogP contribution in [0.2, 0.25) is 0 Å². The van der Waals surface area contributed by atoms with E-state index in [2.05, 4.69) is 6.07 Å². The summed E-state index contributed by atoms with van der Waals surface area (Å²) < 4.78 is 5.51. The highest BCUT2D eigenvalue weighted by atomic mass is 16.6. The molecule has 3 nitrogen and oxygen atoms in total. The molecule has 0 aromatic heterocycles. The molecule has 3 unspecified atom stereocenters. The molecule has 0 N–H and O–H groups in total. The molecular weight excluding hydrogens is 226 g/mol. The number of carbonyl (C=O) groups is 1. The summed E-state index contributed by atoms with van der Waals surface area (Å²) in [5.41, 5.74) is -0.888. The van der Waals surface area contributed by atoms with Gasteiger partial charge < -0.3 is 4.74 Å². The zero-order valence-electron chi connectivity index (χ0n) is 11.7. The van der Waals surface area contributed by atoms with Gasteiger partial charge in [0.2, 0.25) is 0 Å². The first-order chi connectivity index (χ1) is 8.39. The number of rotatable bonds is 1. The molecule has 0 heterocycles. The zero-order valence-corrected chi connectivity index (χ0v) is 11.7. The van der Waals surface area contributed by atoms with Crippen molar-refractivity contribution in [2.24, 2.45) is 17.3 Å². The Hall–Kier alpha value is -1.04. The van der Waals surface area contributed by atoms with E-state index in [1.807, 2.05) is 20.8 Å². The summed E-state index contributed by atoms with van der Waals surface area (Å²) >= 11 is 0. The number of hydrogen-bond acceptors (Lipinski definition) is 3. The van der Waals surface area contributed by atoms with Gasteiger partial charge in [0, 0.05) is 0 Å². The Morgan fingerprint density at radius 2 is 2.00 bits per heavy atom. The molecular formula is C15H23NO2. The molecule has 0 amide bonds. The number of ether oxygens (including phenoxy) is 1. The molecule has 0 saturated heterocycles. The van der Waals surface area contributed by atoms with Crippen molar-refractivity contribution in [1.29, 1.82) is 5.26 Å². The average molecular weight is 249 g/mol. The van der Waals surface area contributed by atoms with Crippen LogP contribution in [0.5, 0.6) is 0 Å². The summed E-state index contributed by atoms with van der Waals surface area (Å²) in [6.45, 7) is 5.66. The van der Waals surface area contributed by atoms with Crippen molar-refractivity contribution in [1.82, 2.24) is 0 Å². The fraction of sp³-hybridized carbons (Fsp3) is 0.867. The van der Waals surface area contributed by atoms with Crippen molar-refractivity contribution in [2.45, 2.75) is 64.9 Å². The molecule has 2 aliphatic carbocycles. The van der Waals surface area contributed by atoms with Crippen molar-refractivity contribution in [3.05, 3.63) is 0 Å². The highest BCUT2D eigenvalue weighted by Crippen LogP contribution is 2.55. The molecule has 2 saturated carbocycles. The number of nitrogens with zero attached hydrogens (tertiary/aromatic N) is 1. The molecule has 0 spiro atoms. The first-order valence-electron chi connectivity index (χ1n) is 7.03. The fourth-order valence-electron chi connectivity index (χ4n) is 3.68. The minimum absolute atomic E-state index is 0.159. The highest BCUT2D eigenvalue weighted by molar-refractivity contribution is 5.75. The van der Waals surface area contributed by atoms with Crippen molar-refractivity contribution in [2.75, 3.05) is 0 Å². The van der Waals surface area contributed by atoms with Gasteiger partial charge in [-0.05, 0) is 52.4 Å². The van der Waals surface area contributed by atoms with Crippen LogP contribution in [0.1, 0.15) is 59.3 Å². The maximum Gasteiger partial charge on any atom is 0.311 e. The minimum Gasteiger partial charge on any atom is -0.460 e. The van der Waals surface area contributed by atoms with Crippen LogP contribution < -0.4 is 0 Å². The third kappa shape index (κ3) is 2.25. The topological polar surface area (TPSA) is 50.1 Å². The van der Waals surface area contributed by atoms with Crippen LogP contribution >= 0.6 is 0 Å². The van der Waals surface area contributed by atoms with Crippen molar-refractivity contribution in [3.63, 3.8) is 0 Å². The van der Waals surface area contributed by atoms with E-state index in [4.69, 9.17) is 4.74 Å². The Kier molecular flexibility index (Phi) is 3.40. The Bertz CT molecular complexity index is 377. The first-order valence-corrected chi connectivity index (χ1v) is 7.03. The third-order valence-corrected chi connectivity index (χ3v) is 4.45. The van der Waals surface area contributed by atoms with Gasteiger partial charge in [-0.15, -0.1) is 0 Å². The van der Waals surface area contributed by atoms with Gasteiger partial charge in [-0.2, -0.15) is 5.26 Å². The van der Waals surface area contributed by atoms with Gasteiger partial charge in [-0.1, -0.05) is 12.8 Å². The monoisotopic (exact) mass is 249 g/mol. The summed E-state index contributed by atoms with van der Waals surface area (Å²) in [6, 6.07) is 2.50. The highest BCUT2D eigenvalue weighted by Gasteiger charge is 2.55. The van der Waals surface area contributed by atoms with Crippen LogP contribution in [0.4, 0.5) is 0 Å². The van der Waals surface area contributed by atoms with Crippen molar-refractivity contribution in [3.8, 4) is 6.07 Å². The smallest absolute Gasteiger partial charge is 0.311 e. The van der Waals surface area contributed by atoms with Crippen LogP contribution in [-0.2, 0) is 9.53 Å². The number of carbonyl (C=O) groups excluding carboxylic acids is 1. The van der Waals surface area contributed by atoms with E-state index in [0.29, 0.717) is 5.92 Å². The largest absolute Gasteiger partial charge is 0.460 e. The molecule has 0 aromatic rings. The van der Waals surface area contributed by atoms with Gasteiger partial charge in [-0.3, -0.25) is 4.79 Å². The molecule has 0 bridgehead atoms. The first kappa shape index (κ1) is 13.4. The van der Waals surface area contributed by atoms with Gasteiger partial charge in [0.25, 0.3) is 0 Å². The van der Waals surface area contributed by atoms with Crippen LogP contribution in [0, 0.1) is 28.6 Å². The summed E-state index contributed by atoms with van der Waals surface area (Å²) in [5.74, 6) is 0.0502. The molecule has 2 rings (SSSR count). The fourth-order valence-corrected chi connectivity index (χ4v) is 3.68. The van der Waals surface area contributed by atoms with E-state index in [9.17, 15) is 10.1 Å². The van der Waals surface area contributed by atoms with Gasteiger partial charge in [0.15, 0.2) is 0 Å². The van der Waals surface area contributed by atoms with Gasteiger partial charge in [-0.25, -0.2) is 0 Å². The summed E-state index contributed by atoms with van der Waals surface area (Å²) in [5, 5.41) is 9.61. The summed E-state index contributed by atoms with van der Waals surface area (Å²) in [4.78, 5) is 12.3. The second-order valence-electron chi connectivity index (χ2n) is 6.76. The quantitative estimate of drug-likeness (QED) is 0.669. The molecule has 2 aliphatic rings. The molecule has 3 heteroatoms. The van der Waals surface area contributed by atoms with Crippen LogP contribution in [0.25, 0.3) is 0 Å². The van der Waals surface area contributed by atoms with Gasteiger partial charge in [0.05, 0.1) is 17.4 Å². The van der Waals surface area contributed by atoms with Crippen LogP contribution in [-0.4, -0.2) is 11.6 Å². The lowest BCUT2D eigenvalue weighted by molar-refractivity contribution is -0.163. The Morgan fingerprint density at radius 1 is 1.28 bits per heavy atom. The average Bonchev–Trinajstić information content (AvgIpc) is 2.66. The van der Waals surface area contributed by atoms with E-state index in [1.165, 1.54) is 6.42 Å². The Balaban J connectivity index is 2.18. The normalized spacial score (nSPS) is 35.7. The number of hydrogen-bond donors (Lipinski definition) is 0. The maximum atomic E-state index is 12.3. The van der Waals surface area contributed by atoms with Gasteiger partial charge in [0.1, 0.15) is 5.60 Å². The number of fused-ring (bicyclic) bond motifs is 1. The van der Waals surface area contributed by atoms with Crippen molar-refractivity contribution >= 4 is 5.97 Å².